The normalized spacial score (nSPS) is 11.6. The van der Waals surface area contributed by atoms with E-state index in [1.54, 1.807) is 6.07 Å². The third-order valence-corrected chi connectivity index (χ3v) is 4.97. The molecule has 3 heterocycles. The standard InChI is InChI=1S/C19H23Cl2N7O/c1-27(2)6-5-22-17-15-13(26-16-14(21)12(20)9-24-18(16)17)7-11(8-23-15)19(29)25-10-28(3)4/h7-9H,5-6,10H2,1-4H3,(H,22,26)(H,25,29). The van der Waals surface area contributed by atoms with Gasteiger partial charge in [0.05, 0.1) is 33.5 Å². The van der Waals surface area contributed by atoms with E-state index in [1.807, 2.05) is 33.1 Å². The maximum Gasteiger partial charge on any atom is 0.253 e. The molecule has 3 rings (SSSR count). The predicted molar refractivity (Wildman–Crippen MR) is 118 cm³/mol. The summed E-state index contributed by atoms with van der Waals surface area (Å²) < 4.78 is 0. The summed E-state index contributed by atoms with van der Waals surface area (Å²) >= 11 is 12.5. The van der Waals surface area contributed by atoms with Crippen LogP contribution in [0.15, 0.2) is 18.5 Å². The first-order valence-electron chi connectivity index (χ1n) is 9.03. The fourth-order valence-electron chi connectivity index (χ4n) is 2.73. The van der Waals surface area contributed by atoms with Crippen molar-refractivity contribution in [1.29, 1.82) is 0 Å². The summed E-state index contributed by atoms with van der Waals surface area (Å²) in [4.78, 5) is 29.9. The molecule has 0 saturated carbocycles. The molecule has 0 unspecified atom stereocenters. The number of amides is 1. The number of nitrogens with one attached hydrogen (secondary N) is 2. The second-order valence-electron chi connectivity index (χ2n) is 7.17. The molecule has 0 aliphatic heterocycles. The van der Waals surface area contributed by atoms with Crippen molar-refractivity contribution < 1.29 is 4.79 Å². The first-order chi connectivity index (χ1) is 13.8. The van der Waals surface area contributed by atoms with Crippen molar-refractivity contribution >= 4 is 56.9 Å². The van der Waals surface area contributed by atoms with Crippen LogP contribution >= 0.6 is 23.2 Å². The van der Waals surface area contributed by atoms with E-state index >= 15 is 0 Å². The number of fused-ring (bicyclic) bond motifs is 2. The lowest BCUT2D eigenvalue weighted by atomic mass is 10.1. The van der Waals surface area contributed by atoms with Gasteiger partial charge in [-0.15, -0.1) is 0 Å². The molecule has 0 atom stereocenters. The molecule has 0 aliphatic carbocycles. The zero-order valence-electron chi connectivity index (χ0n) is 16.8. The zero-order chi connectivity index (χ0) is 21.1. The average molecular weight is 436 g/mol. The Morgan fingerprint density at radius 1 is 1.03 bits per heavy atom. The zero-order valence-corrected chi connectivity index (χ0v) is 18.3. The number of nitrogens with zero attached hydrogens (tertiary/aromatic N) is 5. The van der Waals surface area contributed by atoms with Crippen LogP contribution in [0.2, 0.25) is 10.0 Å². The number of hydrogen-bond donors (Lipinski definition) is 2. The van der Waals surface area contributed by atoms with E-state index in [-0.39, 0.29) is 5.91 Å². The van der Waals surface area contributed by atoms with Crippen molar-refractivity contribution in [3.05, 3.63) is 34.1 Å². The molecule has 1 amide bonds. The van der Waals surface area contributed by atoms with Crippen molar-refractivity contribution in [1.82, 2.24) is 30.1 Å². The summed E-state index contributed by atoms with van der Waals surface area (Å²) in [5.74, 6) is -0.229. The minimum atomic E-state index is -0.229. The molecule has 154 valence electrons. The van der Waals surface area contributed by atoms with E-state index in [1.165, 1.54) is 12.4 Å². The lowest BCUT2D eigenvalue weighted by Gasteiger charge is -2.15. The molecule has 0 aliphatic rings. The average Bonchev–Trinajstić information content (AvgIpc) is 2.68. The summed E-state index contributed by atoms with van der Waals surface area (Å²) in [6.07, 6.45) is 3.04. The number of pyridine rings is 3. The van der Waals surface area contributed by atoms with Crippen molar-refractivity contribution in [2.75, 3.05) is 53.3 Å². The summed E-state index contributed by atoms with van der Waals surface area (Å²) in [5, 5.41) is 6.84. The number of aromatic nitrogens is 3. The summed E-state index contributed by atoms with van der Waals surface area (Å²) in [5.41, 5.74) is 3.33. The van der Waals surface area contributed by atoms with Gasteiger partial charge in [0.25, 0.3) is 5.91 Å². The van der Waals surface area contributed by atoms with Gasteiger partial charge in [-0.3, -0.25) is 19.7 Å². The second-order valence-corrected chi connectivity index (χ2v) is 7.95. The van der Waals surface area contributed by atoms with Gasteiger partial charge >= 0.3 is 0 Å². The van der Waals surface area contributed by atoms with Crippen LogP contribution in [0.25, 0.3) is 22.1 Å². The first-order valence-corrected chi connectivity index (χ1v) is 9.78. The highest BCUT2D eigenvalue weighted by molar-refractivity contribution is 6.45. The second kappa shape index (κ2) is 9.04. The van der Waals surface area contributed by atoms with Crippen molar-refractivity contribution in [3.8, 4) is 0 Å². The maximum absolute atomic E-state index is 12.4. The fourth-order valence-corrected chi connectivity index (χ4v) is 3.05. The summed E-state index contributed by atoms with van der Waals surface area (Å²) in [6.45, 7) is 1.91. The molecule has 8 nitrogen and oxygen atoms in total. The molecule has 10 heteroatoms. The Kier molecular flexibility index (Phi) is 6.69. The van der Waals surface area contributed by atoms with Gasteiger partial charge in [0, 0.05) is 25.5 Å². The van der Waals surface area contributed by atoms with Crippen molar-refractivity contribution in [2.24, 2.45) is 0 Å². The van der Waals surface area contributed by atoms with Gasteiger partial charge in [-0.2, -0.15) is 0 Å². The smallest absolute Gasteiger partial charge is 0.253 e. The Morgan fingerprint density at radius 2 is 1.76 bits per heavy atom. The molecule has 0 radical (unpaired) electrons. The van der Waals surface area contributed by atoms with Crippen LogP contribution in [0, 0.1) is 0 Å². The third kappa shape index (κ3) is 4.84. The number of rotatable bonds is 7. The number of hydrogen-bond acceptors (Lipinski definition) is 7. The van der Waals surface area contributed by atoms with Crippen molar-refractivity contribution in [3.63, 3.8) is 0 Å². The topological polar surface area (TPSA) is 86.3 Å². The van der Waals surface area contributed by atoms with E-state index in [4.69, 9.17) is 23.2 Å². The van der Waals surface area contributed by atoms with Gasteiger partial charge in [0.2, 0.25) is 0 Å². The van der Waals surface area contributed by atoms with Gasteiger partial charge in [-0.05, 0) is 34.3 Å². The molecule has 29 heavy (non-hydrogen) atoms. The largest absolute Gasteiger partial charge is 0.380 e. The van der Waals surface area contributed by atoms with Crippen LogP contribution in [0.3, 0.4) is 0 Å². The van der Waals surface area contributed by atoms with E-state index in [0.29, 0.717) is 56.6 Å². The van der Waals surface area contributed by atoms with Gasteiger partial charge in [0.15, 0.2) is 0 Å². The van der Waals surface area contributed by atoms with Gasteiger partial charge < -0.3 is 15.5 Å². The van der Waals surface area contributed by atoms with E-state index < -0.39 is 0 Å². The van der Waals surface area contributed by atoms with Crippen LogP contribution < -0.4 is 10.6 Å². The Labute approximate surface area is 179 Å². The summed E-state index contributed by atoms with van der Waals surface area (Å²) in [7, 11) is 7.74. The quantitative estimate of drug-likeness (QED) is 0.435. The highest BCUT2D eigenvalue weighted by Gasteiger charge is 2.17. The molecule has 0 bridgehead atoms. The number of halogens is 2. The third-order valence-electron chi connectivity index (χ3n) is 4.20. The Balaban J connectivity index is 2.11. The number of anilines is 1. The Morgan fingerprint density at radius 3 is 2.45 bits per heavy atom. The van der Waals surface area contributed by atoms with Gasteiger partial charge in [-0.25, -0.2) is 4.98 Å². The number of carbonyl (C=O) groups is 1. The monoisotopic (exact) mass is 435 g/mol. The molecule has 0 aromatic carbocycles. The Hall–Kier alpha value is -2.26. The molecular weight excluding hydrogens is 413 g/mol. The fraction of sp³-hybridized carbons (Fsp3) is 0.368. The molecule has 0 saturated heterocycles. The predicted octanol–water partition coefficient (Wildman–Crippen LogP) is 2.71. The van der Waals surface area contributed by atoms with Crippen LogP contribution in [0.4, 0.5) is 5.69 Å². The number of carbonyl (C=O) groups excluding carboxylic acids is 1. The van der Waals surface area contributed by atoms with Crippen LogP contribution in [-0.2, 0) is 0 Å². The highest BCUT2D eigenvalue weighted by atomic mass is 35.5. The van der Waals surface area contributed by atoms with Crippen LogP contribution in [0.1, 0.15) is 10.4 Å². The van der Waals surface area contributed by atoms with Crippen LogP contribution in [0.5, 0.6) is 0 Å². The molecule has 2 N–H and O–H groups in total. The van der Waals surface area contributed by atoms with Crippen LogP contribution in [-0.4, -0.2) is 78.6 Å². The lowest BCUT2D eigenvalue weighted by Crippen LogP contribution is -2.33. The molecule has 0 spiro atoms. The van der Waals surface area contributed by atoms with E-state index in [2.05, 4.69) is 30.5 Å². The molecular formula is C19H23Cl2N7O. The molecule has 0 fully saturated rings. The minimum Gasteiger partial charge on any atom is -0.380 e. The van der Waals surface area contributed by atoms with Crippen molar-refractivity contribution in [2.45, 2.75) is 0 Å². The van der Waals surface area contributed by atoms with E-state index in [9.17, 15) is 4.79 Å². The highest BCUT2D eigenvalue weighted by Crippen LogP contribution is 2.35. The first kappa shape index (κ1) is 21.4. The SMILES string of the molecule is CN(C)CCNc1c2ncc(C(=O)NCN(C)C)cc2nc2c(Cl)c(Cl)cnc12. The Bertz CT molecular complexity index is 1060. The lowest BCUT2D eigenvalue weighted by molar-refractivity contribution is 0.0935. The minimum absolute atomic E-state index is 0.229. The molecule has 3 aromatic heterocycles. The maximum atomic E-state index is 12.4. The number of likely N-dealkylation sites (N-methyl/N-ethyl adjacent to an activating group) is 1. The van der Waals surface area contributed by atoms with Gasteiger partial charge in [0.1, 0.15) is 16.6 Å². The van der Waals surface area contributed by atoms with E-state index in [0.717, 1.165) is 6.54 Å². The summed E-state index contributed by atoms with van der Waals surface area (Å²) in [6, 6.07) is 1.70. The molecule has 3 aromatic rings. The van der Waals surface area contributed by atoms with Gasteiger partial charge in [-0.1, -0.05) is 23.2 Å².